The van der Waals surface area contributed by atoms with Crippen LogP contribution < -0.4 is 11.1 Å². The van der Waals surface area contributed by atoms with E-state index in [1.807, 2.05) is 24.3 Å². The number of nitrogen functional groups attached to an aromatic ring is 1. The Balaban J connectivity index is 1.97. The van der Waals surface area contributed by atoms with E-state index < -0.39 is 0 Å². The Labute approximate surface area is 112 Å². The third-order valence-corrected chi connectivity index (χ3v) is 2.88. The number of furan rings is 1. The minimum atomic E-state index is -0.294. The van der Waals surface area contributed by atoms with Gasteiger partial charge in [0.15, 0.2) is 11.6 Å². The molecule has 0 spiro atoms. The molecule has 0 aliphatic heterocycles. The maximum absolute atomic E-state index is 11.8. The molecule has 0 unspecified atom stereocenters. The van der Waals surface area contributed by atoms with Crippen molar-refractivity contribution in [2.24, 2.45) is 0 Å². The van der Waals surface area contributed by atoms with E-state index in [0.29, 0.717) is 0 Å². The molecule has 4 nitrogen and oxygen atoms in total. The lowest BCUT2D eigenvalue weighted by molar-refractivity contribution is 0.0997. The third-order valence-electron chi connectivity index (χ3n) is 2.88. The van der Waals surface area contributed by atoms with Crippen molar-refractivity contribution in [2.75, 3.05) is 11.1 Å². The van der Waals surface area contributed by atoms with Gasteiger partial charge in [-0.1, -0.05) is 25.5 Å². The lowest BCUT2D eigenvalue weighted by Gasteiger charge is -2.05. The Morgan fingerprint density at radius 2 is 1.95 bits per heavy atom. The first-order chi connectivity index (χ1) is 9.19. The SMILES string of the molecule is CCCCc1ccc(NC(=O)c2ccc(N)o2)cc1. The first-order valence-electron chi connectivity index (χ1n) is 6.44. The van der Waals surface area contributed by atoms with E-state index in [2.05, 4.69) is 12.2 Å². The zero-order chi connectivity index (χ0) is 13.7. The molecule has 0 saturated heterocycles. The normalized spacial score (nSPS) is 10.4. The van der Waals surface area contributed by atoms with Crippen LogP contribution in [-0.4, -0.2) is 5.91 Å². The number of carbonyl (C=O) groups is 1. The molecule has 1 heterocycles. The quantitative estimate of drug-likeness (QED) is 0.863. The zero-order valence-corrected chi connectivity index (χ0v) is 11.0. The van der Waals surface area contributed by atoms with Crippen LogP contribution in [0, 0.1) is 0 Å². The number of amides is 1. The fourth-order valence-corrected chi connectivity index (χ4v) is 1.80. The van der Waals surface area contributed by atoms with Crippen LogP contribution in [0.25, 0.3) is 0 Å². The van der Waals surface area contributed by atoms with Crippen LogP contribution in [0.2, 0.25) is 0 Å². The van der Waals surface area contributed by atoms with Gasteiger partial charge in [-0.15, -0.1) is 0 Å². The second-order valence-electron chi connectivity index (χ2n) is 4.46. The summed E-state index contributed by atoms with van der Waals surface area (Å²) >= 11 is 0. The van der Waals surface area contributed by atoms with Gasteiger partial charge in [-0.05, 0) is 36.6 Å². The highest BCUT2D eigenvalue weighted by Crippen LogP contribution is 2.15. The number of unbranched alkanes of at least 4 members (excludes halogenated alkanes) is 1. The average molecular weight is 258 g/mol. The number of nitrogens with one attached hydrogen (secondary N) is 1. The average Bonchev–Trinajstić information content (AvgIpc) is 2.85. The van der Waals surface area contributed by atoms with E-state index in [9.17, 15) is 4.79 Å². The van der Waals surface area contributed by atoms with Gasteiger partial charge in [0.05, 0.1) is 0 Å². The highest BCUT2D eigenvalue weighted by Gasteiger charge is 2.10. The van der Waals surface area contributed by atoms with Crippen molar-refractivity contribution in [3.05, 3.63) is 47.7 Å². The summed E-state index contributed by atoms with van der Waals surface area (Å²) in [5, 5.41) is 2.77. The molecule has 0 radical (unpaired) electrons. The molecule has 2 rings (SSSR count). The molecular formula is C15H18N2O2. The lowest BCUT2D eigenvalue weighted by atomic mass is 10.1. The largest absolute Gasteiger partial charge is 0.436 e. The van der Waals surface area contributed by atoms with Gasteiger partial charge >= 0.3 is 0 Å². The smallest absolute Gasteiger partial charge is 0.291 e. The summed E-state index contributed by atoms with van der Waals surface area (Å²) in [5.41, 5.74) is 7.46. The topological polar surface area (TPSA) is 68.3 Å². The molecule has 2 aromatic rings. The number of rotatable bonds is 5. The Morgan fingerprint density at radius 3 is 2.53 bits per heavy atom. The number of carbonyl (C=O) groups excluding carboxylic acids is 1. The van der Waals surface area contributed by atoms with Crippen LogP contribution in [0.15, 0.2) is 40.8 Å². The molecule has 1 aromatic heterocycles. The molecule has 0 aliphatic rings. The molecule has 0 aliphatic carbocycles. The maximum atomic E-state index is 11.8. The molecule has 1 aromatic carbocycles. The van der Waals surface area contributed by atoms with Crippen LogP contribution in [0.5, 0.6) is 0 Å². The number of nitrogens with two attached hydrogens (primary N) is 1. The molecule has 100 valence electrons. The van der Waals surface area contributed by atoms with Crippen LogP contribution in [-0.2, 0) is 6.42 Å². The summed E-state index contributed by atoms with van der Waals surface area (Å²) in [6.07, 6.45) is 3.43. The van der Waals surface area contributed by atoms with Gasteiger partial charge in [0.2, 0.25) is 0 Å². The second kappa shape index (κ2) is 6.09. The van der Waals surface area contributed by atoms with E-state index >= 15 is 0 Å². The molecular weight excluding hydrogens is 240 g/mol. The molecule has 4 heteroatoms. The number of hydrogen-bond acceptors (Lipinski definition) is 3. The highest BCUT2D eigenvalue weighted by molar-refractivity contribution is 6.02. The summed E-state index contributed by atoms with van der Waals surface area (Å²) in [5.74, 6) is 0.158. The maximum Gasteiger partial charge on any atom is 0.291 e. The van der Waals surface area contributed by atoms with Gasteiger partial charge in [-0.25, -0.2) is 0 Å². The van der Waals surface area contributed by atoms with Gasteiger partial charge in [-0.2, -0.15) is 0 Å². The van der Waals surface area contributed by atoms with Gasteiger partial charge in [-0.3, -0.25) is 4.79 Å². The first-order valence-corrected chi connectivity index (χ1v) is 6.44. The van der Waals surface area contributed by atoms with Crippen molar-refractivity contribution in [2.45, 2.75) is 26.2 Å². The van der Waals surface area contributed by atoms with Gasteiger partial charge < -0.3 is 15.5 Å². The standard InChI is InChI=1S/C15H18N2O2/c1-2-3-4-11-5-7-12(8-6-11)17-15(18)13-9-10-14(16)19-13/h5-10H,2-4,16H2,1H3,(H,17,18). The molecule has 0 saturated carbocycles. The minimum Gasteiger partial charge on any atom is -0.436 e. The Kier molecular flexibility index (Phi) is 4.23. The molecule has 0 bridgehead atoms. The minimum absolute atomic E-state index is 0.215. The number of benzene rings is 1. The predicted molar refractivity (Wildman–Crippen MR) is 76.1 cm³/mol. The van der Waals surface area contributed by atoms with Gasteiger partial charge in [0.25, 0.3) is 5.91 Å². The van der Waals surface area contributed by atoms with E-state index in [0.717, 1.165) is 12.1 Å². The van der Waals surface area contributed by atoms with Crippen LogP contribution in [0.1, 0.15) is 35.9 Å². The van der Waals surface area contributed by atoms with E-state index in [4.69, 9.17) is 10.2 Å². The van der Waals surface area contributed by atoms with Crippen molar-refractivity contribution < 1.29 is 9.21 Å². The van der Waals surface area contributed by atoms with Crippen molar-refractivity contribution in [3.63, 3.8) is 0 Å². The second-order valence-corrected chi connectivity index (χ2v) is 4.46. The Bertz CT molecular complexity index is 544. The number of hydrogen-bond donors (Lipinski definition) is 2. The van der Waals surface area contributed by atoms with Crippen LogP contribution in [0.3, 0.4) is 0 Å². The van der Waals surface area contributed by atoms with Crippen molar-refractivity contribution >= 4 is 17.5 Å². The molecule has 3 N–H and O–H groups in total. The summed E-state index contributed by atoms with van der Waals surface area (Å²) in [4.78, 5) is 11.8. The number of aryl methyl sites for hydroxylation is 1. The van der Waals surface area contributed by atoms with Crippen molar-refractivity contribution in [3.8, 4) is 0 Å². The van der Waals surface area contributed by atoms with Crippen LogP contribution in [0.4, 0.5) is 11.6 Å². The predicted octanol–water partition coefficient (Wildman–Crippen LogP) is 3.46. The zero-order valence-electron chi connectivity index (χ0n) is 11.0. The Hall–Kier alpha value is -2.23. The molecule has 0 atom stereocenters. The van der Waals surface area contributed by atoms with Crippen LogP contribution >= 0.6 is 0 Å². The number of anilines is 2. The molecule has 0 fully saturated rings. The summed E-state index contributed by atoms with van der Waals surface area (Å²) in [6.45, 7) is 2.17. The van der Waals surface area contributed by atoms with Gasteiger partial charge in [0, 0.05) is 11.8 Å². The molecule has 1 amide bonds. The monoisotopic (exact) mass is 258 g/mol. The van der Waals surface area contributed by atoms with Crippen molar-refractivity contribution in [1.82, 2.24) is 0 Å². The summed E-state index contributed by atoms with van der Waals surface area (Å²) in [6, 6.07) is 11.0. The highest BCUT2D eigenvalue weighted by atomic mass is 16.4. The van der Waals surface area contributed by atoms with Crippen molar-refractivity contribution in [1.29, 1.82) is 0 Å². The first kappa shape index (κ1) is 13.2. The summed E-state index contributed by atoms with van der Waals surface area (Å²) in [7, 11) is 0. The fourth-order valence-electron chi connectivity index (χ4n) is 1.80. The van der Waals surface area contributed by atoms with Gasteiger partial charge in [0.1, 0.15) is 0 Å². The Morgan fingerprint density at radius 1 is 1.21 bits per heavy atom. The summed E-state index contributed by atoms with van der Waals surface area (Å²) < 4.78 is 5.06. The lowest BCUT2D eigenvalue weighted by Crippen LogP contribution is -2.10. The fraction of sp³-hybridized carbons (Fsp3) is 0.267. The van der Waals surface area contributed by atoms with E-state index in [1.54, 1.807) is 12.1 Å². The van der Waals surface area contributed by atoms with E-state index in [1.165, 1.54) is 18.4 Å². The van der Waals surface area contributed by atoms with E-state index in [-0.39, 0.29) is 17.6 Å². The third kappa shape index (κ3) is 3.61. The molecule has 19 heavy (non-hydrogen) atoms.